The highest BCUT2D eigenvalue weighted by molar-refractivity contribution is 6.31. The van der Waals surface area contributed by atoms with Gasteiger partial charge in [-0.3, -0.25) is 0 Å². The number of phenols is 1. The molecule has 5 atom stereocenters. The zero-order valence-electron chi connectivity index (χ0n) is 12.5. The number of fused-ring (bicyclic) bond motifs is 5. The lowest BCUT2D eigenvalue weighted by Crippen LogP contribution is -2.44. The molecule has 1 aromatic carbocycles. The average molecular weight is 307 g/mol. The molecule has 0 amide bonds. The number of aliphatic hydroxyl groups is 1. The van der Waals surface area contributed by atoms with E-state index in [-0.39, 0.29) is 17.3 Å². The molecule has 3 aliphatic carbocycles. The maximum atomic E-state index is 10.4. The van der Waals surface area contributed by atoms with Gasteiger partial charge in [0.05, 0.1) is 6.10 Å². The number of aryl methyl sites for hydroxylation is 1. The summed E-state index contributed by atoms with van der Waals surface area (Å²) in [6.07, 6.45) is 6.38. The molecule has 0 bridgehead atoms. The molecule has 0 aromatic heterocycles. The van der Waals surface area contributed by atoms with E-state index in [0.717, 1.165) is 37.1 Å². The Hall–Kier alpha value is -0.730. The van der Waals surface area contributed by atoms with Crippen LogP contribution in [0.25, 0.3) is 0 Å². The second-order valence-corrected chi connectivity index (χ2v) is 7.96. The summed E-state index contributed by atoms with van der Waals surface area (Å²) in [7, 11) is 0. The lowest BCUT2D eigenvalue weighted by atomic mass is 9.55. The van der Waals surface area contributed by atoms with E-state index in [1.54, 1.807) is 6.07 Å². The van der Waals surface area contributed by atoms with Gasteiger partial charge in [-0.05, 0) is 85.0 Å². The van der Waals surface area contributed by atoms with E-state index >= 15 is 0 Å². The number of benzene rings is 1. The Balaban J connectivity index is 1.75. The lowest BCUT2D eigenvalue weighted by Gasteiger charge is -2.50. The van der Waals surface area contributed by atoms with Crippen LogP contribution in [-0.2, 0) is 6.42 Å². The summed E-state index contributed by atoms with van der Waals surface area (Å²) in [5, 5.41) is 20.9. The van der Waals surface area contributed by atoms with E-state index in [2.05, 4.69) is 6.92 Å². The molecule has 0 radical (unpaired) electrons. The largest absolute Gasteiger partial charge is 0.508 e. The molecule has 3 aliphatic rings. The molecule has 0 unspecified atom stereocenters. The van der Waals surface area contributed by atoms with Crippen LogP contribution in [0.15, 0.2) is 12.1 Å². The number of aliphatic hydroxyl groups excluding tert-OH is 1. The summed E-state index contributed by atoms with van der Waals surface area (Å²) in [5.74, 6) is 2.08. The van der Waals surface area contributed by atoms with Gasteiger partial charge in [0.25, 0.3) is 0 Å². The van der Waals surface area contributed by atoms with Crippen LogP contribution in [0.5, 0.6) is 5.75 Å². The molecule has 1 aromatic rings. The van der Waals surface area contributed by atoms with Gasteiger partial charge in [-0.2, -0.15) is 0 Å². The third kappa shape index (κ3) is 1.88. The van der Waals surface area contributed by atoms with Gasteiger partial charge in [-0.1, -0.05) is 18.5 Å². The Bertz CT molecular complexity index is 585. The summed E-state index contributed by atoms with van der Waals surface area (Å²) in [6.45, 7) is 2.29. The van der Waals surface area contributed by atoms with Crippen LogP contribution in [0.1, 0.15) is 56.1 Å². The summed E-state index contributed by atoms with van der Waals surface area (Å²) in [6, 6.07) is 3.59. The summed E-state index contributed by atoms with van der Waals surface area (Å²) < 4.78 is 0. The van der Waals surface area contributed by atoms with Crippen LogP contribution in [-0.4, -0.2) is 16.3 Å². The third-order valence-corrected chi connectivity index (χ3v) is 7.02. The van der Waals surface area contributed by atoms with Gasteiger partial charge in [0, 0.05) is 5.02 Å². The topological polar surface area (TPSA) is 40.5 Å². The SMILES string of the molecule is C[C@]12CC[C@@H]3c4c(Cl)cc(O)cc4CC[C@H]3[C@@H]1CC[C@H]2O. The van der Waals surface area contributed by atoms with Gasteiger partial charge in [0.1, 0.15) is 5.75 Å². The van der Waals surface area contributed by atoms with Crippen LogP contribution in [0, 0.1) is 17.3 Å². The van der Waals surface area contributed by atoms with Gasteiger partial charge in [-0.25, -0.2) is 0 Å². The van der Waals surface area contributed by atoms with Crippen molar-refractivity contribution >= 4 is 11.6 Å². The van der Waals surface area contributed by atoms with Crippen LogP contribution < -0.4 is 0 Å². The molecule has 0 spiro atoms. The lowest BCUT2D eigenvalue weighted by molar-refractivity contribution is -0.0226. The number of rotatable bonds is 0. The third-order valence-electron chi connectivity index (χ3n) is 6.70. The van der Waals surface area contributed by atoms with Gasteiger partial charge in [-0.15, -0.1) is 0 Å². The van der Waals surface area contributed by atoms with E-state index < -0.39 is 0 Å². The van der Waals surface area contributed by atoms with Crippen molar-refractivity contribution in [3.05, 3.63) is 28.3 Å². The van der Waals surface area contributed by atoms with E-state index in [1.807, 2.05) is 6.07 Å². The minimum Gasteiger partial charge on any atom is -0.508 e. The Morgan fingerprint density at radius 1 is 1.19 bits per heavy atom. The van der Waals surface area contributed by atoms with Crippen molar-refractivity contribution in [1.82, 2.24) is 0 Å². The predicted molar refractivity (Wildman–Crippen MR) is 83.7 cm³/mol. The van der Waals surface area contributed by atoms with Crippen molar-refractivity contribution < 1.29 is 10.2 Å². The fraction of sp³-hybridized carbons (Fsp3) is 0.667. The number of hydrogen-bond acceptors (Lipinski definition) is 2. The summed E-state index contributed by atoms with van der Waals surface area (Å²) in [4.78, 5) is 0. The first-order chi connectivity index (χ1) is 10.0. The maximum Gasteiger partial charge on any atom is 0.117 e. The minimum absolute atomic E-state index is 0.113. The van der Waals surface area contributed by atoms with Crippen LogP contribution >= 0.6 is 11.6 Å². The molecule has 4 rings (SSSR count). The van der Waals surface area contributed by atoms with Crippen LogP contribution in [0.2, 0.25) is 5.02 Å². The smallest absolute Gasteiger partial charge is 0.117 e. The number of aromatic hydroxyl groups is 1. The van der Waals surface area contributed by atoms with Crippen molar-refractivity contribution in [1.29, 1.82) is 0 Å². The zero-order valence-corrected chi connectivity index (χ0v) is 13.2. The van der Waals surface area contributed by atoms with Crippen molar-refractivity contribution in [3.63, 3.8) is 0 Å². The number of halogens is 1. The first kappa shape index (κ1) is 13.9. The normalized spacial score (nSPS) is 41.3. The molecule has 0 saturated heterocycles. The molecule has 0 aliphatic heterocycles. The number of hydrogen-bond donors (Lipinski definition) is 2. The molecule has 2 fully saturated rings. The molecule has 2 N–H and O–H groups in total. The quantitative estimate of drug-likeness (QED) is 0.752. The molecular weight excluding hydrogens is 284 g/mol. The molecular formula is C18H23ClO2. The van der Waals surface area contributed by atoms with E-state index in [1.165, 1.54) is 17.5 Å². The maximum absolute atomic E-state index is 10.4. The van der Waals surface area contributed by atoms with Crippen molar-refractivity contribution in [2.75, 3.05) is 0 Å². The highest BCUT2D eigenvalue weighted by Gasteiger charge is 2.54. The molecule has 114 valence electrons. The zero-order chi connectivity index (χ0) is 14.8. The van der Waals surface area contributed by atoms with Crippen molar-refractivity contribution in [2.24, 2.45) is 17.3 Å². The monoisotopic (exact) mass is 306 g/mol. The summed E-state index contributed by atoms with van der Waals surface area (Å²) >= 11 is 6.46. The standard InChI is InChI=1S/C18H23ClO2/c1-18-7-6-13-12(14(18)4-5-16(18)21)3-2-10-8-11(20)9-15(19)17(10)13/h8-9,12-14,16,20-21H,2-7H2,1H3/t12-,13+,14+,16-,18+/m1/s1. The highest BCUT2D eigenvalue weighted by Crippen LogP contribution is 2.61. The minimum atomic E-state index is -0.125. The van der Waals surface area contributed by atoms with Crippen molar-refractivity contribution in [3.8, 4) is 5.75 Å². The van der Waals surface area contributed by atoms with E-state index in [9.17, 15) is 10.2 Å². The first-order valence-corrected chi connectivity index (χ1v) is 8.58. The average Bonchev–Trinajstić information content (AvgIpc) is 2.74. The molecule has 2 saturated carbocycles. The van der Waals surface area contributed by atoms with Crippen LogP contribution in [0.4, 0.5) is 0 Å². The molecule has 2 nitrogen and oxygen atoms in total. The van der Waals surface area contributed by atoms with Crippen LogP contribution in [0.3, 0.4) is 0 Å². The van der Waals surface area contributed by atoms with Gasteiger partial charge in [0.2, 0.25) is 0 Å². The Kier molecular flexibility index (Phi) is 3.07. The summed E-state index contributed by atoms with van der Waals surface area (Å²) in [5.41, 5.74) is 2.64. The number of phenolic OH excluding ortho intramolecular Hbond substituents is 1. The highest BCUT2D eigenvalue weighted by atomic mass is 35.5. The first-order valence-electron chi connectivity index (χ1n) is 8.20. The second kappa shape index (κ2) is 4.63. The Morgan fingerprint density at radius 3 is 2.81 bits per heavy atom. The van der Waals surface area contributed by atoms with Crippen molar-refractivity contribution in [2.45, 2.75) is 57.5 Å². The van der Waals surface area contributed by atoms with E-state index in [4.69, 9.17) is 11.6 Å². The van der Waals surface area contributed by atoms with E-state index in [0.29, 0.717) is 17.8 Å². The predicted octanol–water partition coefficient (Wildman–Crippen LogP) is 4.26. The molecule has 21 heavy (non-hydrogen) atoms. The Labute approximate surface area is 131 Å². The van der Waals surface area contributed by atoms with Gasteiger partial charge in [0.15, 0.2) is 0 Å². The second-order valence-electron chi connectivity index (χ2n) is 7.55. The Morgan fingerprint density at radius 2 is 2.00 bits per heavy atom. The molecule has 3 heteroatoms. The van der Waals surface area contributed by atoms with Gasteiger partial charge < -0.3 is 10.2 Å². The molecule has 0 heterocycles. The fourth-order valence-electron chi connectivity index (χ4n) is 5.62. The fourth-order valence-corrected chi connectivity index (χ4v) is 6.00. The van der Waals surface area contributed by atoms with Gasteiger partial charge >= 0.3 is 0 Å².